The fourth-order valence-corrected chi connectivity index (χ4v) is 7.29. The van der Waals surface area contributed by atoms with Crippen LogP contribution < -0.4 is 14.4 Å². The van der Waals surface area contributed by atoms with Crippen LogP contribution in [0.1, 0.15) is 61.4 Å². The summed E-state index contributed by atoms with van der Waals surface area (Å²) < 4.78 is 12.5. The molecule has 4 aromatic rings. The van der Waals surface area contributed by atoms with E-state index in [1.165, 1.54) is 28.0 Å². The summed E-state index contributed by atoms with van der Waals surface area (Å²) in [6.45, 7) is 4.68. The van der Waals surface area contributed by atoms with Gasteiger partial charge >= 0.3 is 5.91 Å². The highest BCUT2D eigenvalue weighted by Crippen LogP contribution is 2.45. The molecule has 2 atom stereocenters. The number of aliphatic hydroxyl groups excluding tert-OH is 1. The first kappa shape index (κ1) is 29.9. The standard InChI is InChI=1S/C34H33N3O5S2/c1-3-4-8-16-41-26-13-9-12-23(19-26)29-28(30(38)24-14-15-27-25(18-24)17-21(2)42-27)31(39)32(40)37(29)33-35-36-34(44-33)43-20-22-10-6-5-7-11-22/h5-7,9-15,18-19,21,29,38H,3-4,8,16-17,20H2,1-2H3/b30-28+/t21-,29+/m0/s1. The van der Waals surface area contributed by atoms with Crippen LogP contribution in [0.5, 0.6) is 11.5 Å². The Morgan fingerprint density at radius 2 is 1.91 bits per heavy atom. The van der Waals surface area contributed by atoms with E-state index in [4.69, 9.17) is 9.47 Å². The van der Waals surface area contributed by atoms with Crippen LogP contribution in [-0.2, 0) is 21.8 Å². The summed E-state index contributed by atoms with van der Waals surface area (Å²) in [6, 6.07) is 21.8. The van der Waals surface area contributed by atoms with Gasteiger partial charge in [-0.2, -0.15) is 0 Å². The van der Waals surface area contributed by atoms with Gasteiger partial charge in [-0.25, -0.2) is 0 Å². The number of nitrogens with zero attached hydrogens (tertiary/aromatic N) is 3. The molecule has 0 aliphatic carbocycles. The monoisotopic (exact) mass is 627 g/mol. The maximum Gasteiger partial charge on any atom is 0.301 e. The molecule has 0 radical (unpaired) electrons. The zero-order valence-corrected chi connectivity index (χ0v) is 26.2. The quantitative estimate of drug-likeness (QED) is 0.0460. The lowest BCUT2D eigenvalue weighted by molar-refractivity contribution is -0.132. The maximum atomic E-state index is 13.7. The van der Waals surface area contributed by atoms with Gasteiger partial charge in [-0.3, -0.25) is 14.5 Å². The number of aliphatic hydroxyl groups is 1. The third-order valence-electron chi connectivity index (χ3n) is 7.61. The van der Waals surface area contributed by atoms with Gasteiger partial charge in [0.2, 0.25) is 5.13 Å². The SMILES string of the molecule is CCCCCOc1cccc([C@@H]2/C(=C(\O)c3ccc4c(c3)C[C@H](C)O4)C(=O)C(=O)N2c2nnc(SCc3ccccc3)s2)c1. The number of anilines is 1. The largest absolute Gasteiger partial charge is 0.507 e. The van der Waals surface area contributed by atoms with Crippen LogP contribution in [0.25, 0.3) is 5.76 Å². The van der Waals surface area contributed by atoms with Crippen LogP contribution in [0.2, 0.25) is 0 Å². The molecule has 1 fully saturated rings. The van der Waals surface area contributed by atoms with Gasteiger partial charge < -0.3 is 14.6 Å². The molecule has 10 heteroatoms. The number of carbonyl (C=O) groups excluding carboxylic acids is 2. The Hall–Kier alpha value is -4.15. The zero-order chi connectivity index (χ0) is 30.6. The highest BCUT2D eigenvalue weighted by atomic mass is 32.2. The Balaban J connectivity index is 1.38. The van der Waals surface area contributed by atoms with Gasteiger partial charge in [0.1, 0.15) is 23.4 Å². The average molecular weight is 628 g/mol. The van der Waals surface area contributed by atoms with Gasteiger partial charge in [0, 0.05) is 17.7 Å². The van der Waals surface area contributed by atoms with Crippen LogP contribution in [0.3, 0.4) is 0 Å². The molecule has 0 unspecified atom stereocenters. The van der Waals surface area contributed by atoms with E-state index in [2.05, 4.69) is 17.1 Å². The number of unbranched alkanes of at least 4 members (excludes halogenated alkanes) is 2. The first-order chi connectivity index (χ1) is 21.4. The van der Waals surface area contributed by atoms with E-state index in [1.807, 2.05) is 67.6 Å². The fourth-order valence-electron chi connectivity index (χ4n) is 5.46. The Bertz CT molecular complexity index is 1700. The van der Waals surface area contributed by atoms with Crippen LogP contribution in [0, 0.1) is 0 Å². The number of hydrogen-bond donors (Lipinski definition) is 1. The predicted octanol–water partition coefficient (Wildman–Crippen LogP) is 7.35. The van der Waals surface area contributed by atoms with Crippen LogP contribution in [0.15, 0.2) is 82.7 Å². The number of carbonyl (C=O) groups is 2. The van der Waals surface area contributed by atoms with Crippen LogP contribution in [0.4, 0.5) is 5.13 Å². The number of thioether (sulfide) groups is 1. The maximum absolute atomic E-state index is 13.7. The first-order valence-electron chi connectivity index (χ1n) is 14.8. The number of aromatic nitrogens is 2. The molecule has 2 aliphatic heterocycles. The summed E-state index contributed by atoms with van der Waals surface area (Å²) in [4.78, 5) is 28.8. The molecule has 1 amide bonds. The van der Waals surface area contributed by atoms with Crippen molar-refractivity contribution in [1.82, 2.24) is 10.2 Å². The molecule has 1 saturated heterocycles. The van der Waals surface area contributed by atoms with E-state index < -0.39 is 17.7 Å². The number of ether oxygens (including phenoxy) is 2. The molecule has 0 spiro atoms. The number of ketones is 1. The van der Waals surface area contributed by atoms with Crippen molar-refractivity contribution >= 4 is 45.7 Å². The van der Waals surface area contributed by atoms with Gasteiger partial charge in [-0.1, -0.05) is 85.3 Å². The van der Waals surface area contributed by atoms with E-state index in [0.717, 1.165) is 36.1 Å². The van der Waals surface area contributed by atoms with Gasteiger partial charge in [-0.15, -0.1) is 10.2 Å². The highest BCUT2D eigenvalue weighted by molar-refractivity contribution is 8.00. The molecule has 3 heterocycles. The van der Waals surface area contributed by atoms with Crippen molar-refractivity contribution in [2.75, 3.05) is 11.5 Å². The minimum atomic E-state index is -0.919. The summed E-state index contributed by atoms with van der Waals surface area (Å²) >= 11 is 2.76. The molecular weight excluding hydrogens is 595 g/mol. The number of amides is 1. The highest BCUT2D eigenvalue weighted by Gasteiger charge is 2.48. The Morgan fingerprint density at radius 3 is 2.73 bits per heavy atom. The number of hydrogen-bond acceptors (Lipinski definition) is 9. The number of Topliss-reactive ketones (excluding diaryl/α,β-unsaturated/α-hetero) is 1. The first-order valence-corrected chi connectivity index (χ1v) is 16.6. The second kappa shape index (κ2) is 13.2. The molecule has 1 aromatic heterocycles. The number of fused-ring (bicyclic) bond motifs is 1. The van der Waals surface area contributed by atoms with Gasteiger partial charge in [0.25, 0.3) is 5.78 Å². The molecule has 0 bridgehead atoms. The Kier molecular flexibility index (Phi) is 8.99. The van der Waals surface area contributed by atoms with Crippen molar-refractivity contribution in [3.05, 3.63) is 101 Å². The lowest BCUT2D eigenvalue weighted by Gasteiger charge is -2.23. The van der Waals surface area contributed by atoms with E-state index in [-0.39, 0.29) is 22.6 Å². The molecule has 6 rings (SSSR count). The predicted molar refractivity (Wildman–Crippen MR) is 172 cm³/mol. The average Bonchev–Trinajstić information content (AvgIpc) is 3.73. The molecule has 0 saturated carbocycles. The second-order valence-electron chi connectivity index (χ2n) is 10.9. The van der Waals surface area contributed by atoms with E-state index in [0.29, 0.717) is 40.0 Å². The molecule has 226 valence electrons. The van der Waals surface area contributed by atoms with Crippen molar-refractivity contribution in [3.8, 4) is 11.5 Å². The second-order valence-corrected chi connectivity index (χ2v) is 13.1. The summed E-state index contributed by atoms with van der Waals surface area (Å²) in [7, 11) is 0. The minimum Gasteiger partial charge on any atom is -0.507 e. The Morgan fingerprint density at radius 1 is 1.07 bits per heavy atom. The van der Waals surface area contributed by atoms with E-state index in [1.54, 1.807) is 12.1 Å². The third kappa shape index (κ3) is 6.23. The van der Waals surface area contributed by atoms with Crippen LogP contribution in [-0.4, -0.2) is 39.7 Å². The summed E-state index contributed by atoms with van der Waals surface area (Å²) in [5, 5.41) is 20.6. The summed E-state index contributed by atoms with van der Waals surface area (Å²) in [5.74, 6) is 0.295. The van der Waals surface area contributed by atoms with Crippen molar-refractivity contribution in [2.45, 2.75) is 61.8 Å². The third-order valence-corrected chi connectivity index (χ3v) is 9.74. The lowest BCUT2D eigenvalue weighted by atomic mass is 9.94. The van der Waals surface area contributed by atoms with Crippen molar-refractivity contribution in [1.29, 1.82) is 0 Å². The molecule has 1 N–H and O–H groups in total. The van der Waals surface area contributed by atoms with E-state index in [9.17, 15) is 14.7 Å². The topological polar surface area (TPSA) is 102 Å². The van der Waals surface area contributed by atoms with Crippen molar-refractivity contribution in [3.63, 3.8) is 0 Å². The lowest BCUT2D eigenvalue weighted by Crippen LogP contribution is -2.29. The summed E-state index contributed by atoms with van der Waals surface area (Å²) in [5.41, 5.74) is 3.16. The van der Waals surface area contributed by atoms with Crippen molar-refractivity contribution in [2.24, 2.45) is 0 Å². The van der Waals surface area contributed by atoms with Crippen molar-refractivity contribution < 1.29 is 24.2 Å². The van der Waals surface area contributed by atoms with Gasteiger partial charge in [-0.05, 0) is 60.4 Å². The van der Waals surface area contributed by atoms with Gasteiger partial charge in [0.15, 0.2) is 4.34 Å². The molecule has 44 heavy (non-hydrogen) atoms. The zero-order valence-electron chi connectivity index (χ0n) is 24.6. The minimum absolute atomic E-state index is 0.00117. The molecule has 3 aromatic carbocycles. The Labute approximate surface area is 264 Å². The molecule has 8 nitrogen and oxygen atoms in total. The summed E-state index contributed by atoms with van der Waals surface area (Å²) in [6.07, 6.45) is 3.79. The fraction of sp³-hybridized carbons (Fsp3) is 0.294. The van der Waals surface area contributed by atoms with E-state index >= 15 is 0 Å². The number of rotatable bonds is 11. The van der Waals surface area contributed by atoms with Crippen LogP contribution >= 0.6 is 23.1 Å². The molecular formula is C34H33N3O5S2. The molecule has 2 aliphatic rings. The normalized spacial score (nSPS) is 18.8. The van der Waals surface area contributed by atoms with Gasteiger partial charge in [0.05, 0.1) is 18.2 Å². The number of benzene rings is 3. The smallest absolute Gasteiger partial charge is 0.301 e.